The summed E-state index contributed by atoms with van der Waals surface area (Å²) in [6.07, 6.45) is -8.47. The minimum atomic E-state index is -4.53. The van der Waals surface area contributed by atoms with Gasteiger partial charge in [0.05, 0.1) is 11.1 Å². The van der Waals surface area contributed by atoms with E-state index in [1.165, 1.54) is 17.0 Å². The van der Waals surface area contributed by atoms with Crippen molar-refractivity contribution in [1.82, 2.24) is 15.0 Å². The van der Waals surface area contributed by atoms with Crippen LogP contribution in [-0.2, 0) is 25.2 Å². The summed E-state index contributed by atoms with van der Waals surface area (Å²) in [7, 11) is 0. The summed E-state index contributed by atoms with van der Waals surface area (Å²) in [5, 5.41) is 3.75. The smallest absolute Gasteiger partial charge is 0.339 e. The second-order valence-corrected chi connectivity index (χ2v) is 8.44. The topological polar surface area (TPSA) is 59.2 Å². The number of rotatable bonds is 8. The molecular weight excluding hydrogens is 512 g/mol. The van der Waals surface area contributed by atoms with Gasteiger partial charge in [0.1, 0.15) is 0 Å². The van der Waals surface area contributed by atoms with E-state index in [0.29, 0.717) is 6.42 Å². The van der Waals surface area contributed by atoms with Gasteiger partial charge in [-0.25, -0.2) is 0 Å². The van der Waals surface area contributed by atoms with Gasteiger partial charge in [-0.15, -0.1) is 0 Å². The number of benzene rings is 3. The third-order valence-corrected chi connectivity index (χ3v) is 5.77. The first kappa shape index (κ1) is 26.9. The Balaban J connectivity index is 1.49. The third kappa shape index (κ3) is 6.78. The van der Waals surface area contributed by atoms with Gasteiger partial charge in [0, 0.05) is 30.6 Å². The molecule has 0 aliphatic heterocycles. The van der Waals surface area contributed by atoms with Crippen molar-refractivity contribution in [3.63, 3.8) is 0 Å². The lowest BCUT2D eigenvalue weighted by molar-refractivity contribution is -0.138. The fourth-order valence-electron chi connectivity index (χ4n) is 3.75. The highest BCUT2D eigenvalue weighted by molar-refractivity contribution is 5.94. The quantitative estimate of drug-likeness (QED) is 0.237. The minimum absolute atomic E-state index is 0.0315. The summed E-state index contributed by atoms with van der Waals surface area (Å²) in [5.74, 6) is -0.411. The van der Waals surface area contributed by atoms with Gasteiger partial charge < -0.3 is 9.42 Å². The number of amides is 1. The van der Waals surface area contributed by atoms with Crippen LogP contribution < -0.4 is 0 Å². The molecule has 198 valence electrons. The van der Waals surface area contributed by atoms with Crippen LogP contribution in [0.5, 0.6) is 0 Å². The Bertz CT molecular complexity index is 1370. The van der Waals surface area contributed by atoms with E-state index in [9.17, 15) is 31.1 Å². The number of nitrogens with zero attached hydrogens (tertiary/aromatic N) is 3. The van der Waals surface area contributed by atoms with Crippen LogP contribution in [0.2, 0.25) is 0 Å². The first-order valence-corrected chi connectivity index (χ1v) is 11.5. The summed E-state index contributed by atoms with van der Waals surface area (Å²) >= 11 is 0. The number of carbonyl (C=O) groups excluding carboxylic acids is 1. The van der Waals surface area contributed by atoms with Crippen LogP contribution in [0.25, 0.3) is 11.4 Å². The third-order valence-electron chi connectivity index (χ3n) is 5.77. The van der Waals surface area contributed by atoms with Gasteiger partial charge in [-0.1, -0.05) is 47.6 Å². The van der Waals surface area contributed by atoms with E-state index in [2.05, 4.69) is 10.1 Å². The van der Waals surface area contributed by atoms with Crippen molar-refractivity contribution in [2.45, 2.75) is 25.2 Å². The summed E-state index contributed by atoms with van der Waals surface area (Å²) in [5.41, 5.74) is -0.548. The molecule has 0 fully saturated rings. The van der Waals surface area contributed by atoms with Crippen LogP contribution in [0, 0.1) is 0 Å². The molecule has 0 aliphatic rings. The van der Waals surface area contributed by atoms with Gasteiger partial charge in [-0.3, -0.25) is 4.79 Å². The van der Waals surface area contributed by atoms with Gasteiger partial charge in [-0.05, 0) is 48.4 Å². The first-order valence-electron chi connectivity index (χ1n) is 11.5. The molecule has 1 amide bonds. The molecule has 38 heavy (non-hydrogen) atoms. The van der Waals surface area contributed by atoms with Crippen LogP contribution in [-0.4, -0.2) is 34.0 Å². The Kier molecular flexibility index (Phi) is 7.84. The largest absolute Gasteiger partial charge is 0.416 e. The fourth-order valence-corrected chi connectivity index (χ4v) is 3.75. The first-order chi connectivity index (χ1) is 18.0. The summed E-state index contributed by atoms with van der Waals surface area (Å²) in [6, 6.07) is 17.8. The normalized spacial score (nSPS) is 11.9. The molecule has 0 saturated heterocycles. The van der Waals surface area contributed by atoms with E-state index in [1.54, 1.807) is 0 Å². The van der Waals surface area contributed by atoms with Crippen LogP contribution in [0.4, 0.5) is 26.3 Å². The summed E-state index contributed by atoms with van der Waals surface area (Å²) in [4.78, 5) is 18.8. The van der Waals surface area contributed by atoms with Crippen molar-refractivity contribution in [1.29, 1.82) is 0 Å². The molecule has 0 atom stereocenters. The van der Waals surface area contributed by atoms with Crippen molar-refractivity contribution >= 4 is 5.91 Å². The number of alkyl halides is 6. The van der Waals surface area contributed by atoms with E-state index in [0.717, 1.165) is 42.0 Å². The molecular formula is C27H21F6N3O2. The molecule has 0 bridgehead atoms. The summed E-state index contributed by atoms with van der Waals surface area (Å²) in [6.45, 7) is 0.357. The zero-order chi connectivity index (χ0) is 27.3. The molecule has 1 aromatic heterocycles. The molecule has 1 heterocycles. The Morgan fingerprint density at radius 3 is 2.08 bits per heavy atom. The Labute approximate surface area is 213 Å². The van der Waals surface area contributed by atoms with Gasteiger partial charge in [0.25, 0.3) is 5.91 Å². The molecule has 0 unspecified atom stereocenters. The minimum Gasteiger partial charge on any atom is -0.339 e. The zero-order valence-electron chi connectivity index (χ0n) is 19.8. The maximum absolute atomic E-state index is 13.2. The Morgan fingerprint density at radius 2 is 1.42 bits per heavy atom. The monoisotopic (exact) mass is 533 g/mol. The van der Waals surface area contributed by atoms with Gasteiger partial charge >= 0.3 is 12.4 Å². The van der Waals surface area contributed by atoms with E-state index < -0.39 is 29.4 Å². The molecule has 0 saturated carbocycles. The Hall–Kier alpha value is -4.15. The number of carbonyl (C=O) groups is 1. The second-order valence-electron chi connectivity index (χ2n) is 8.44. The number of hydrogen-bond donors (Lipinski definition) is 0. The van der Waals surface area contributed by atoms with E-state index in [-0.39, 0.29) is 42.4 Å². The lowest BCUT2D eigenvalue weighted by Crippen LogP contribution is -2.35. The van der Waals surface area contributed by atoms with E-state index in [1.807, 2.05) is 30.3 Å². The van der Waals surface area contributed by atoms with Gasteiger partial charge in [0.15, 0.2) is 0 Å². The predicted octanol–water partition coefficient (Wildman–Crippen LogP) is 6.70. The maximum Gasteiger partial charge on any atom is 0.416 e. The lowest BCUT2D eigenvalue weighted by Gasteiger charge is -2.22. The molecule has 11 heteroatoms. The molecule has 0 aliphatic carbocycles. The van der Waals surface area contributed by atoms with Crippen LogP contribution in [0.1, 0.15) is 32.9 Å². The average Bonchev–Trinajstić information content (AvgIpc) is 3.37. The lowest BCUT2D eigenvalue weighted by atomic mass is 10.1. The second kappa shape index (κ2) is 11.1. The molecule has 0 N–H and O–H groups in total. The van der Waals surface area contributed by atoms with Crippen LogP contribution in [0.3, 0.4) is 0 Å². The molecule has 0 radical (unpaired) electrons. The average molecular weight is 533 g/mol. The predicted molar refractivity (Wildman–Crippen MR) is 126 cm³/mol. The maximum atomic E-state index is 13.2. The van der Waals surface area contributed by atoms with Crippen LogP contribution in [0.15, 0.2) is 83.4 Å². The highest BCUT2D eigenvalue weighted by Crippen LogP contribution is 2.32. The molecule has 5 nitrogen and oxygen atoms in total. The summed E-state index contributed by atoms with van der Waals surface area (Å²) < 4.78 is 83.1. The van der Waals surface area contributed by atoms with E-state index >= 15 is 0 Å². The number of halogens is 6. The van der Waals surface area contributed by atoms with Crippen molar-refractivity contribution < 1.29 is 35.7 Å². The van der Waals surface area contributed by atoms with Gasteiger partial charge in [-0.2, -0.15) is 31.3 Å². The molecule has 0 spiro atoms. The highest BCUT2D eigenvalue weighted by Gasteiger charge is 2.31. The fraction of sp³-hybridized carbons (Fsp3) is 0.222. The molecule has 3 aromatic carbocycles. The standard InChI is InChI=1S/C27H21F6N3O2/c28-26(29,30)21-11-9-19(10-12-21)25(37)36(15-13-18-5-2-1-3-6-18)16-14-23-34-24(35-38-23)20-7-4-8-22(17-20)27(31,32)33/h1-12,17H,13-16H2. The van der Waals surface area contributed by atoms with Gasteiger partial charge in [0.2, 0.25) is 11.7 Å². The van der Waals surface area contributed by atoms with E-state index in [4.69, 9.17) is 4.52 Å². The number of hydrogen-bond acceptors (Lipinski definition) is 4. The SMILES string of the molecule is O=C(c1ccc(C(F)(F)F)cc1)N(CCc1ccccc1)CCc1nc(-c2cccc(C(F)(F)F)c2)no1. The molecule has 4 rings (SSSR count). The van der Waals surface area contributed by atoms with Crippen molar-refractivity contribution in [2.75, 3.05) is 13.1 Å². The highest BCUT2D eigenvalue weighted by atomic mass is 19.4. The van der Waals surface area contributed by atoms with Crippen molar-refractivity contribution in [3.05, 3.63) is 107 Å². The van der Waals surface area contributed by atoms with Crippen LogP contribution >= 0.6 is 0 Å². The van der Waals surface area contributed by atoms with Crippen molar-refractivity contribution in [2.24, 2.45) is 0 Å². The number of aromatic nitrogens is 2. The molecule has 4 aromatic rings. The Morgan fingerprint density at radius 1 is 0.763 bits per heavy atom. The van der Waals surface area contributed by atoms with Crippen molar-refractivity contribution in [3.8, 4) is 11.4 Å². The zero-order valence-corrected chi connectivity index (χ0v) is 19.8.